The minimum absolute atomic E-state index is 0.122. The Morgan fingerprint density at radius 3 is 2.24 bits per heavy atom. The van der Waals surface area contributed by atoms with Crippen molar-refractivity contribution in [2.75, 3.05) is 5.32 Å². The maximum atomic E-state index is 12.1. The molecule has 2 aromatic rings. The zero-order valence-corrected chi connectivity index (χ0v) is 12.2. The summed E-state index contributed by atoms with van der Waals surface area (Å²) in [5.74, 6) is 0.536. The minimum atomic E-state index is -0.683. The number of nitrogens with two attached hydrogens (primary N) is 1. The summed E-state index contributed by atoms with van der Waals surface area (Å²) in [4.78, 5) is 12.1. The van der Waals surface area contributed by atoms with Crippen molar-refractivity contribution in [2.45, 2.75) is 26.0 Å². The third-order valence-electron chi connectivity index (χ3n) is 2.93. The van der Waals surface area contributed by atoms with Gasteiger partial charge >= 0.3 is 0 Å². The van der Waals surface area contributed by atoms with Gasteiger partial charge < -0.3 is 15.8 Å². The van der Waals surface area contributed by atoms with Crippen LogP contribution in [0.15, 0.2) is 54.6 Å². The maximum Gasteiger partial charge on any atom is 0.245 e. The predicted molar refractivity (Wildman–Crippen MR) is 84.2 cm³/mol. The zero-order valence-electron chi connectivity index (χ0n) is 12.2. The maximum absolute atomic E-state index is 12.1. The predicted octanol–water partition coefficient (Wildman–Crippen LogP) is 3.11. The summed E-state index contributed by atoms with van der Waals surface area (Å²) in [6, 6.07) is 15.8. The summed E-state index contributed by atoms with van der Waals surface area (Å²) in [5, 5.41) is 2.80. The molecule has 2 aromatic carbocycles. The van der Waals surface area contributed by atoms with Crippen LogP contribution in [0, 0.1) is 0 Å². The number of carbonyl (C=O) groups excluding carboxylic acids is 1. The van der Waals surface area contributed by atoms with E-state index in [9.17, 15) is 4.79 Å². The quantitative estimate of drug-likeness (QED) is 0.886. The van der Waals surface area contributed by atoms with E-state index < -0.39 is 6.04 Å². The number of hydrogen-bond acceptors (Lipinski definition) is 3. The molecule has 0 aliphatic heterocycles. The molecule has 3 N–H and O–H groups in total. The van der Waals surface area contributed by atoms with E-state index in [0.29, 0.717) is 5.69 Å². The highest BCUT2D eigenvalue weighted by atomic mass is 16.5. The molecule has 0 aromatic heterocycles. The summed E-state index contributed by atoms with van der Waals surface area (Å²) in [6.45, 7) is 3.93. The standard InChI is InChI=1S/C17H20N2O2/c1-12(2)21-15-10-8-14(9-11-15)19-17(20)16(18)13-6-4-3-5-7-13/h3-12,16H,18H2,1-2H3,(H,19,20)/t16-/m0/s1. The molecular formula is C17H20N2O2. The van der Waals surface area contributed by atoms with Crippen LogP contribution < -0.4 is 15.8 Å². The third-order valence-corrected chi connectivity index (χ3v) is 2.93. The molecule has 0 heterocycles. The Bertz CT molecular complexity index is 579. The lowest BCUT2D eigenvalue weighted by Gasteiger charge is -2.13. The van der Waals surface area contributed by atoms with Gasteiger partial charge in [-0.3, -0.25) is 4.79 Å². The first-order valence-electron chi connectivity index (χ1n) is 6.94. The van der Waals surface area contributed by atoms with Crippen LogP contribution in [0.1, 0.15) is 25.5 Å². The van der Waals surface area contributed by atoms with E-state index in [1.807, 2.05) is 56.3 Å². The Hall–Kier alpha value is -2.33. The molecule has 4 nitrogen and oxygen atoms in total. The lowest BCUT2D eigenvalue weighted by atomic mass is 10.1. The Balaban J connectivity index is 1.99. The van der Waals surface area contributed by atoms with Gasteiger partial charge in [0.25, 0.3) is 0 Å². The Kier molecular flexibility index (Phi) is 4.95. The molecular weight excluding hydrogens is 264 g/mol. The first-order valence-corrected chi connectivity index (χ1v) is 6.94. The number of anilines is 1. The molecule has 4 heteroatoms. The van der Waals surface area contributed by atoms with Crippen molar-refractivity contribution in [1.29, 1.82) is 0 Å². The molecule has 1 amide bonds. The fourth-order valence-corrected chi connectivity index (χ4v) is 1.92. The van der Waals surface area contributed by atoms with E-state index in [1.165, 1.54) is 0 Å². The van der Waals surface area contributed by atoms with Crippen LogP contribution in [0.25, 0.3) is 0 Å². The van der Waals surface area contributed by atoms with Crippen molar-refractivity contribution >= 4 is 11.6 Å². The zero-order chi connectivity index (χ0) is 15.2. The molecule has 0 radical (unpaired) electrons. The van der Waals surface area contributed by atoms with Crippen molar-refractivity contribution in [2.24, 2.45) is 5.73 Å². The van der Waals surface area contributed by atoms with Gasteiger partial charge in [0, 0.05) is 5.69 Å². The lowest BCUT2D eigenvalue weighted by molar-refractivity contribution is -0.117. The van der Waals surface area contributed by atoms with E-state index in [1.54, 1.807) is 12.1 Å². The number of ether oxygens (including phenoxy) is 1. The molecule has 2 rings (SSSR count). The number of amides is 1. The highest BCUT2D eigenvalue weighted by Gasteiger charge is 2.15. The molecule has 110 valence electrons. The van der Waals surface area contributed by atoms with Crippen LogP contribution in [0.2, 0.25) is 0 Å². The molecule has 0 unspecified atom stereocenters. The minimum Gasteiger partial charge on any atom is -0.491 e. The van der Waals surface area contributed by atoms with Gasteiger partial charge in [-0.1, -0.05) is 30.3 Å². The average molecular weight is 284 g/mol. The Labute approximate surface area is 124 Å². The molecule has 0 saturated carbocycles. The van der Waals surface area contributed by atoms with Crippen molar-refractivity contribution in [3.63, 3.8) is 0 Å². The van der Waals surface area contributed by atoms with Crippen LogP contribution in [-0.4, -0.2) is 12.0 Å². The fraction of sp³-hybridized carbons (Fsp3) is 0.235. The molecule has 0 saturated heterocycles. The molecule has 21 heavy (non-hydrogen) atoms. The third kappa shape index (κ3) is 4.33. The summed E-state index contributed by atoms with van der Waals surface area (Å²) in [5.41, 5.74) is 7.43. The van der Waals surface area contributed by atoms with Crippen molar-refractivity contribution in [3.8, 4) is 5.75 Å². The SMILES string of the molecule is CC(C)Oc1ccc(NC(=O)[C@@H](N)c2ccccc2)cc1. The van der Waals surface area contributed by atoms with E-state index in [2.05, 4.69) is 5.32 Å². The monoisotopic (exact) mass is 284 g/mol. The van der Waals surface area contributed by atoms with Gasteiger partial charge in [0.15, 0.2) is 0 Å². The largest absolute Gasteiger partial charge is 0.491 e. The summed E-state index contributed by atoms with van der Waals surface area (Å²) in [7, 11) is 0. The van der Waals surface area contributed by atoms with Gasteiger partial charge in [-0.25, -0.2) is 0 Å². The van der Waals surface area contributed by atoms with Gasteiger partial charge in [-0.15, -0.1) is 0 Å². The second-order valence-electron chi connectivity index (χ2n) is 5.07. The highest BCUT2D eigenvalue weighted by Crippen LogP contribution is 2.18. The number of carbonyl (C=O) groups is 1. The van der Waals surface area contributed by atoms with E-state index in [-0.39, 0.29) is 12.0 Å². The van der Waals surface area contributed by atoms with Crippen molar-refractivity contribution in [1.82, 2.24) is 0 Å². The first-order chi connectivity index (χ1) is 10.1. The van der Waals surface area contributed by atoms with Crippen molar-refractivity contribution in [3.05, 3.63) is 60.2 Å². The lowest BCUT2D eigenvalue weighted by Crippen LogP contribution is -2.27. The molecule has 0 aliphatic carbocycles. The molecule has 0 aliphatic rings. The number of hydrogen-bond donors (Lipinski definition) is 2. The number of nitrogens with one attached hydrogen (secondary N) is 1. The summed E-state index contributed by atoms with van der Waals surface area (Å²) < 4.78 is 5.55. The van der Waals surface area contributed by atoms with E-state index in [0.717, 1.165) is 11.3 Å². The van der Waals surface area contributed by atoms with Gasteiger partial charge in [0.05, 0.1) is 6.10 Å². The average Bonchev–Trinajstić information content (AvgIpc) is 2.49. The molecule has 1 atom stereocenters. The smallest absolute Gasteiger partial charge is 0.245 e. The first kappa shape index (κ1) is 15.1. The molecule has 0 bridgehead atoms. The van der Waals surface area contributed by atoms with E-state index >= 15 is 0 Å². The molecule has 0 spiro atoms. The fourth-order valence-electron chi connectivity index (χ4n) is 1.92. The Morgan fingerprint density at radius 1 is 1.05 bits per heavy atom. The van der Waals surface area contributed by atoms with Gasteiger partial charge in [-0.2, -0.15) is 0 Å². The van der Waals surface area contributed by atoms with Gasteiger partial charge in [-0.05, 0) is 43.7 Å². The number of benzene rings is 2. The second kappa shape index (κ2) is 6.90. The van der Waals surface area contributed by atoms with E-state index in [4.69, 9.17) is 10.5 Å². The normalized spacial score (nSPS) is 12.0. The van der Waals surface area contributed by atoms with Gasteiger partial charge in [0.1, 0.15) is 11.8 Å². The van der Waals surface area contributed by atoms with Crippen LogP contribution in [-0.2, 0) is 4.79 Å². The number of rotatable bonds is 5. The summed E-state index contributed by atoms with van der Waals surface area (Å²) in [6.07, 6.45) is 0.122. The van der Waals surface area contributed by atoms with Crippen molar-refractivity contribution < 1.29 is 9.53 Å². The van der Waals surface area contributed by atoms with Crippen LogP contribution in [0.5, 0.6) is 5.75 Å². The second-order valence-corrected chi connectivity index (χ2v) is 5.07. The summed E-state index contributed by atoms with van der Waals surface area (Å²) >= 11 is 0. The van der Waals surface area contributed by atoms with Crippen LogP contribution in [0.3, 0.4) is 0 Å². The topological polar surface area (TPSA) is 64.3 Å². The van der Waals surface area contributed by atoms with Gasteiger partial charge in [0.2, 0.25) is 5.91 Å². The van der Waals surface area contributed by atoms with Crippen LogP contribution >= 0.6 is 0 Å². The van der Waals surface area contributed by atoms with Crippen LogP contribution in [0.4, 0.5) is 5.69 Å². The highest BCUT2D eigenvalue weighted by molar-refractivity contribution is 5.95. The molecule has 0 fully saturated rings. The Morgan fingerprint density at radius 2 is 1.67 bits per heavy atom.